The second kappa shape index (κ2) is 5.49. The van der Waals surface area contributed by atoms with Crippen LogP contribution in [0.5, 0.6) is 23.0 Å². The number of methoxy groups -OCH3 is 3. The predicted molar refractivity (Wildman–Crippen MR) is 80.5 cm³/mol. The summed E-state index contributed by atoms with van der Waals surface area (Å²) in [7, 11) is 4.67. The highest BCUT2D eigenvalue weighted by Crippen LogP contribution is 2.53. The Morgan fingerprint density at radius 3 is 2.41 bits per heavy atom. The van der Waals surface area contributed by atoms with Gasteiger partial charge in [0.2, 0.25) is 11.9 Å². The number of rotatable bonds is 3. The summed E-state index contributed by atoms with van der Waals surface area (Å²) in [4.78, 5) is 0. The molecule has 112 valence electrons. The molecule has 1 aliphatic heterocycles. The Morgan fingerprint density at radius 2 is 1.77 bits per heavy atom. The number of hydrogen-bond acceptors (Lipinski definition) is 5. The van der Waals surface area contributed by atoms with Gasteiger partial charge in [-0.05, 0) is 12.1 Å². The highest BCUT2D eigenvalue weighted by Gasteiger charge is 2.32. The first-order valence-corrected chi connectivity index (χ1v) is 6.73. The van der Waals surface area contributed by atoms with Crippen molar-refractivity contribution in [3.63, 3.8) is 0 Å². The van der Waals surface area contributed by atoms with Gasteiger partial charge >= 0.3 is 0 Å². The average molecular weight is 297 g/mol. The van der Waals surface area contributed by atoms with Gasteiger partial charge in [0, 0.05) is 16.7 Å². The van der Waals surface area contributed by atoms with E-state index in [-0.39, 0.29) is 0 Å². The summed E-state index contributed by atoms with van der Waals surface area (Å²) >= 11 is 0. The van der Waals surface area contributed by atoms with E-state index in [2.05, 4.69) is 6.07 Å². The molecule has 0 N–H and O–H groups in total. The van der Waals surface area contributed by atoms with Crippen LogP contribution in [0, 0.1) is 11.3 Å². The van der Waals surface area contributed by atoms with Gasteiger partial charge in [-0.15, -0.1) is 0 Å². The lowest BCUT2D eigenvalue weighted by atomic mass is 9.91. The van der Waals surface area contributed by atoms with Crippen molar-refractivity contribution >= 4 is 0 Å². The number of nitrogens with zero attached hydrogens (tertiary/aromatic N) is 1. The fraction of sp³-hybridized carbons (Fsp3) is 0.235. The summed E-state index contributed by atoms with van der Waals surface area (Å²) in [5.41, 5.74) is 2.37. The van der Waals surface area contributed by atoms with Crippen LogP contribution in [0.15, 0.2) is 30.3 Å². The molecule has 0 aromatic heterocycles. The molecule has 1 atom stereocenters. The third-order valence-electron chi connectivity index (χ3n) is 3.66. The van der Waals surface area contributed by atoms with E-state index in [1.54, 1.807) is 27.4 Å². The quantitative estimate of drug-likeness (QED) is 0.869. The summed E-state index contributed by atoms with van der Waals surface area (Å²) < 4.78 is 22.1. The molecule has 0 amide bonds. The molecular formula is C17H15NO4. The summed E-state index contributed by atoms with van der Waals surface area (Å²) in [6.45, 7) is 0. The molecule has 5 nitrogen and oxygen atoms in total. The van der Waals surface area contributed by atoms with Crippen LogP contribution >= 0.6 is 0 Å². The van der Waals surface area contributed by atoms with Crippen molar-refractivity contribution in [1.82, 2.24) is 0 Å². The van der Waals surface area contributed by atoms with Gasteiger partial charge in [-0.2, -0.15) is 5.26 Å². The third kappa shape index (κ3) is 1.92. The third-order valence-corrected chi connectivity index (χ3v) is 3.66. The smallest absolute Gasteiger partial charge is 0.210 e. The average Bonchev–Trinajstić information content (AvgIpc) is 2.58. The zero-order chi connectivity index (χ0) is 15.7. The van der Waals surface area contributed by atoms with Crippen molar-refractivity contribution in [2.45, 2.75) is 6.10 Å². The van der Waals surface area contributed by atoms with Crippen molar-refractivity contribution < 1.29 is 18.9 Å². The summed E-state index contributed by atoms with van der Waals surface area (Å²) in [5, 5.41) is 9.43. The second-order valence-corrected chi connectivity index (χ2v) is 4.73. The van der Waals surface area contributed by atoms with E-state index < -0.39 is 6.10 Å². The topological polar surface area (TPSA) is 60.7 Å². The van der Waals surface area contributed by atoms with Gasteiger partial charge in [0.1, 0.15) is 11.8 Å². The van der Waals surface area contributed by atoms with Gasteiger partial charge in [0.05, 0.1) is 21.3 Å². The maximum atomic E-state index is 9.43. The molecular weight excluding hydrogens is 282 g/mol. The Morgan fingerprint density at radius 1 is 1.05 bits per heavy atom. The predicted octanol–water partition coefficient (Wildman–Crippen LogP) is 3.34. The minimum absolute atomic E-state index is 0.497. The minimum Gasteiger partial charge on any atom is -0.493 e. The minimum atomic E-state index is -0.724. The monoisotopic (exact) mass is 297 g/mol. The van der Waals surface area contributed by atoms with Crippen LogP contribution in [-0.2, 0) is 0 Å². The Balaban J connectivity index is 2.39. The first-order valence-electron chi connectivity index (χ1n) is 6.73. The van der Waals surface area contributed by atoms with Crippen LogP contribution in [0.25, 0.3) is 11.1 Å². The van der Waals surface area contributed by atoms with Crippen LogP contribution in [0.1, 0.15) is 11.7 Å². The molecule has 0 radical (unpaired) electrons. The van der Waals surface area contributed by atoms with Gasteiger partial charge in [-0.1, -0.05) is 18.2 Å². The van der Waals surface area contributed by atoms with Crippen LogP contribution in [-0.4, -0.2) is 21.3 Å². The van der Waals surface area contributed by atoms with E-state index >= 15 is 0 Å². The Kier molecular flexibility index (Phi) is 3.51. The van der Waals surface area contributed by atoms with Crippen molar-refractivity contribution in [2.75, 3.05) is 21.3 Å². The molecule has 0 saturated carbocycles. The molecule has 2 aromatic rings. The first-order chi connectivity index (χ1) is 10.7. The van der Waals surface area contributed by atoms with Crippen molar-refractivity contribution in [3.8, 4) is 40.2 Å². The zero-order valence-electron chi connectivity index (χ0n) is 12.5. The van der Waals surface area contributed by atoms with E-state index in [0.29, 0.717) is 28.6 Å². The van der Waals surface area contributed by atoms with E-state index in [9.17, 15) is 5.26 Å². The first kappa shape index (κ1) is 14.1. The van der Waals surface area contributed by atoms with Crippen LogP contribution < -0.4 is 18.9 Å². The van der Waals surface area contributed by atoms with Gasteiger partial charge < -0.3 is 18.9 Å². The van der Waals surface area contributed by atoms with Crippen LogP contribution in [0.4, 0.5) is 0 Å². The number of fused-ring (bicyclic) bond motifs is 3. The molecule has 0 aliphatic carbocycles. The maximum absolute atomic E-state index is 9.43. The fourth-order valence-electron chi connectivity index (χ4n) is 2.72. The highest BCUT2D eigenvalue weighted by atomic mass is 16.5. The fourth-order valence-corrected chi connectivity index (χ4v) is 2.72. The standard InChI is InChI=1S/C17H15NO4/c1-19-13-8-11-14(9-18)22-12-7-5-4-6-10(12)15(11)17(21-3)16(13)20-2/h4-8,14H,1-3H3. The molecule has 1 unspecified atom stereocenters. The number of benzene rings is 2. The zero-order valence-corrected chi connectivity index (χ0v) is 12.5. The lowest BCUT2D eigenvalue weighted by molar-refractivity contribution is 0.255. The molecule has 0 fully saturated rings. The Bertz CT molecular complexity index is 764. The summed E-state index contributed by atoms with van der Waals surface area (Å²) in [5.74, 6) is 2.18. The molecule has 3 rings (SSSR count). The Hall–Kier alpha value is -2.87. The van der Waals surface area contributed by atoms with Crippen molar-refractivity contribution in [2.24, 2.45) is 0 Å². The Labute approximate surface area is 128 Å². The molecule has 0 bridgehead atoms. The lowest BCUT2D eigenvalue weighted by Gasteiger charge is -2.27. The van der Waals surface area contributed by atoms with Crippen LogP contribution in [0.3, 0.4) is 0 Å². The molecule has 0 spiro atoms. The molecule has 1 aliphatic rings. The highest BCUT2D eigenvalue weighted by molar-refractivity contribution is 5.85. The van der Waals surface area contributed by atoms with Crippen molar-refractivity contribution in [3.05, 3.63) is 35.9 Å². The van der Waals surface area contributed by atoms with E-state index in [1.807, 2.05) is 24.3 Å². The van der Waals surface area contributed by atoms with Gasteiger partial charge in [-0.25, -0.2) is 0 Å². The van der Waals surface area contributed by atoms with Gasteiger partial charge in [0.25, 0.3) is 0 Å². The molecule has 0 saturated heterocycles. The summed E-state index contributed by atoms with van der Waals surface area (Å²) in [6, 6.07) is 11.5. The largest absolute Gasteiger partial charge is 0.493 e. The van der Waals surface area contributed by atoms with E-state index in [1.165, 1.54) is 0 Å². The maximum Gasteiger partial charge on any atom is 0.210 e. The number of hydrogen-bond donors (Lipinski definition) is 0. The van der Waals surface area contributed by atoms with E-state index in [4.69, 9.17) is 18.9 Å². The van der Waals surface area contributed by atoms with Crippen molar-refractivity contribution in [1.29, 1.82) is 5.26 Å². The molecule has 5 heteroatoms. The molecule has 1 heterocycles. The normalized spacial score (nSPS) is 14.9. The number of nitriles is 1. The van der Waals surface area contributed by atoms with Gasteiger partial charge in [0.15, 0.2) is 11.5 Å². The SMILES string of the molecule is COc1cc2c(c(OC)c1OC)-c1ccccc1OC2C#N. The van der Waals surface area contributed by atoms with Gasteiger partial charge in [-0.3, -0.25) is 0 Å². The van der Waals surface area contributed by atoms with Crippen LogP contribution in [0.2, 0.25) is 0 Å². The number of para-hydroxylation sites is 1. The molecule has 22 heavy (non-hydrogen) atoms. The van der Waals surface area contributed by atoms with E-state index in [0.717, 1.165) is 11.1 Å². The molecule has 2 aromatic carbocycles. The summed E-state index contributed by atoms with van der Waals surface area (Å²) in [6.07, 6.45) is -0.724. The second-order valence-electron chi connectivity index (χ2n) is 4.73. The number of ether oxygens (including phenoxy) is 4. The lowest BCUT2D eigenvalue weighted by Crippen LogP contribution is -2.14.